The van der Waals surface area contributed by atoms with E-state index >= 15 is 0 Å². The number of benzene rings is 2. The molecule has 8 heteroatoms. The number of nitrogens with one attached hydrogen (secondary N) is 1. The average molecular weight is 423 g/mol. The lowest BCUT2D eigenvalue weighted by atomic mass is 10.1. The van der Waals surface area contributed by atoms with Gasteiger partial charge >= 0.3 is 0 Å². The molecule has 0 spiro atoms. The number of nitrogens with zero attached hydrogens (tertiary/aromatic N) is 2. The summed E-state index contributed by atoms with van der Waals surface area (Å²) in [6.45, 7) is 5.98. The average Bonchev–Trinajstić information content (AvgIpc) is 3.09. The Labute approximate surface area is 176 Å². The third-order valence-electron chi connectivity index (χ3n) is 4.59. The fourth-order valence-electron chi connectivity index (χ4n) is 3.20. The van der Waals surface area contributed by atoms with Gasteiger partial charge in [0.05, 0.1) is 11.4 Å². The van der Waals surface area contributed by atoms with Crippen molar-refractivity contribution in [1.29, 1.82) is 0 Å². The van der Waals surface area contributed by atoms with Crippen LogP contribution < -0.4 is 15.0 Å². The second-order valence-corrected chi connectivity index (χ2v) is 7.86. The van der Waals surface area contributed by atoms with Gasteiger partial charge in [-0.2, -0.15) is 0 Å². The number of amides is 2. The summed E-state index contributed by atoms with van der Waals surface area (Å²) in [7, 11) is 0. The van der Waals surface area contributed by atoms with Gasteiger partial charge in [-0.3, -0.25) is 14.9 Å². The molecule has 2 heterocycles. The lowest BCUT2D eigenvalue weighted by molar-refractivity contribution is -0.121. The molecule has 1 aliphatic heterocycles. The van der Waals surface area contributed by atoms with Crippen molar-refractivity contribution in [2.75, 3.05) is 23.4 Å². The molecule has 6 nitrogen and oxygen atoms in total. The van der Waals surface area contributed by atoms with Crippen LogP contribution in [0.5, 0.6) is 5.75 Å². The van der Waals surface area contributed by atoms with E-state index in [1.54, 1.807) is 17.0 Å². The standard InChI is InChI=1S/C22H18FN3O3S/c1-3-9-26-17-11-14(7-8-18(17)29-12-19(26)27)20-13(2)30-22(24-20)25-21(28)15-5-4-6-16(23)10-15/h3-8,10-11H,1,9,12H2,2H3,(H,24,25,28). The van der Waals surface area contributed by atoms with Crippen LogP contribution in [0.25, 0.3) is 11.3 Å². The molecule has 2 amide bonds. The first kappa shape index (κ1) is 19.8. The van der Waals surface area contributed by atoms with Crippen molar-refractivity contribution in [3.8, 4) is 17.0 Å². The number of halogens is 1. The Morgan fingerprint density at radius 1 is 1.37 bits per heavy atom. The molecule has 0 unspecified atom stereocenters. The molecule has 0 radical (unpaired) electrons. The molecule has 1 N–H and O–H groups in total. The number of fused-ring (bicyclic) bond motifs is 1. The van der Waals surface area contributed by atoms with Crippen LogP contribution in [0.3, 0.4) is 0 Å². The summed E-state index contributed by atoms with van der Waals surface area (Å²) >= 11 is 1.32. The fourth-order valence-corrected chi connectivity index (χ4v) is 4.03. The zero-order valence-corrected chi connectivity index (χ0v) is 17.0. The maximum absolute atomic E-state index is 13.4. The molecule has 1 aliphatic rings. The summed E-state index contributed by atoms with van der Waals surface area (Å²) in [5.41, 5.74) is 2.35. The largest absolute Gasteiger partial charge is 0.482 e. The molecule has 2 aromatic carbocycles. The second-order valence-electron chi connectivity index (χ2n) is 6.65. The van der Waals surface area contributed by atoms with Crippen molar-refractivity contribution in [2.24, 2.45) is 0 Å². The van der Waals surface area contributed by atoms with Gasteiger partial charge in [0.2, 0.25) is 0 Å². The number of carbonyl (C=O) groups excluding carboxylic acids is 2. The molecule has 0 saturated carbocycles. The van der Waals surface area contributed by atoms with Gasteiger partial charge in [-0.25, -0.2) is 9.37 Å². The fraction of sp³-hybridized carbons (Fsp3) is 0.136. The van der Waals surface area contributed by atoms with Crippen LogP contribution >= 0.6 is 11.3 Å². The number of thiazole rings is 1. The van der Waals surface area contributed by atoms with Gasteiger partial charge in [0.1, 0.15) is 11.6 Å². The Morgan fingerprint density at radius 2 is 2.20 bits per heavy atom. The van der Waals surface area contributed by atoms with Crippen LogP contribution in [0.15, 0.2) is 55.1 Å². The molecule has 0 fully saturated rings. The summed E-state index contributed by atoms with van der Waals surface area (Å²) in [5.74, 6) is -0.435. The van der Waals surface area contributed by atoms with E-state index in [1.165, 1.54) is 35.6 Å². The minimum atomic E-state index is -0.478. The van der Waals surface area contributed by atoms with Crippen LogP contribution in [0, 0.1) is 12.7 Å². The smallest absolute Gasteiger partial charge is 0.265 e. The quantitative estimate of drug-likeness (QED) is 0.617. The van der Waals surface area contributed by atoms with Crippen LogP contribution in [0.2, 0.25) is 0 Å². The van der Waals surface area contributed by atoms with E-state index in [2.05, 4.69) is 16.9 Å². The van der Waals surface area contributed by atoms with E-state index in [1.807, 2.05) is 19.1 Å². The molecule has 152 valence electrons. The van der Waals surface area contributed by atoms with Gasteiger partial charge in [0, 0.05) is 22.5 Å². The predicted octanol–water partition coefficient (Wildman–Crippen LogP) is 4.42. The number of aromatic nitrogens is 1. The normalized spacial score (nSPS) is 12.9. The molecule has 30 heavy (non-hydrogen) atoms. The van der Waals surface area contributed by atoms with Crippen molar-refractivity contribution < 1.29 is 18.7 Å². The maximum atomic E-state index is 13.4. The van der Waals surface area contributed by atoms with Gasteiger partial charge in [-0.05, 0) is 43.3 Å². The van der Waals surface area contributed by atoms with Gasteiger partial charge in [-0.1, -0.05) is 12.1 Å². The summed E-state index contributed by atoms with van der Waals surface area (Å²) in [4.78, 5) is 31.6. The van der Waals surface area contributed by atoms with Crippen LogP contribution in [0.4, 0.5) is 15.2 Å². The molecule has 1 aromatic heterocycles. The van der Waals surface area contributed by atoms with E-state index in [0.717, 1.165) is 10.4 Å². The minimum absolute atomic E-state index is 0.00776. The highest BCUT2D eigenvalue weighted by Gasteiger charge is 2.25. The van der Waals surface area contributed by atoms with Gasteiger partial charge < -0.3 is 9.64 Å². The lowest BCUT2D eigenvalue weighted by Crippen LogP contribution is -2.38. The van der Waals surface area contributed by atoms with Crippen molar-refractivity contribution >= 4 is 34.0 Å². The molecular formula is C22H18FN3O3S. The molecule has 0 saturated heterocycles. The Balaban J connectivity index is 1.63. The molecular weight excluding hydrogens is 405 g/mol. The van der Waals surface area contributed by atoms with Crippen molar-refractivity contribution in [2.45, 2.75) is 6.92 Å². The number of anilines is 2. The van der Waals surface area contributed by atoms with Gasteiger partial charge in [0.15, 0.2) is 11.7 Å². The van der Waals surface area contributed by atoms with E-state index in [0.29, 0.717) is 28.8 Å². The highest BCUT2D eigenvalue weighted by Crippen LogP contribution is 2.38. The summed E-state index contributed by atoms with van der Waals surface area (Å²) in [6.07, 6.45) is 1.66. The van der Waals surface area contributed by atoms with Crippen molar-refractivity contribution in [3.05, 3.63) is 71.4 Å². The van der Waals surface area contributed by atoms with Gasteiger partial charge in [-0.15, -0.1) is 17.9 Å². The van der Waals surface area contributed by atoms with E-state index in [4.69, 9.17) is 4.74 Å². The summed E-state index contributed by atoms with van der Waals surface area (Å²) in [5, 5.41) is 3.12. The van der Waals surface area contributed by atoms with Crippen molar-refractivity contribution in [3.63, 3.8) is 0 Å². The first-order valence-electron chi connectivity index (χ1n) is 9.19. The number of carbonyl (C=O) groups is 2. The third-order valence-corrected chi connectivity index (χ3v) is 5.48. The van der Waals surface area contributed by atoms with Gasteiger partial charge in [0.25, 0.3) is 11.8 Å². The Hall–Kier alpha value is -3.52. The van der Waals surface area contributed by atoms with Crippen LogP contribution in [-0.4, -0.2) is 29.9 Å². The third kappa shape index (κ3) is 3.81. The summed E-state index contributed by atoms with van der Waals surface area (Å²) in [6, 6.07) is 11.0. The SMILES string of the molecule is C=CCN1C(=O)COc2ccc(-c3nc(NC(=O)c4cccc(F)c4)sc3C)cc21. The number of rotatable bonds is 5. The van der Waals surface area contributed by atoms with Crippen LogP contribution in [0.1, 0.15) is 15.2 Å². The number of hydrogen-bond acceptors (Lipinski definition) is 5. The van der Waals surface area contributed by atoms with E-state index in [-0.39, 0.29) is 18.1 Å². The van der Waals surface area contributed by atoms with Crippen molar-refractivity contribution in [1.82, 2.24) is 4.98 Å². The highest BCUT2D eigenvalue weighted by molar-refractivity contribution is 7.16. The maximum Gasteiger partial charge on any atom is 0.265 e. The zero-order chi connectivity index (χ0) is 21.3. The van der Waals surface area contributed by atoms with E-state index in [9.17, 15) is 14.0 Å². The molecule has 0 aliphatic carbocycles. The second kappa shape index (κ2) is 8.08. The highest BCUT2D eigenvalue weighted by atomic mass is 32.1. The summed E-state index contributed by atoms with van der Waals surface area (Å²) < 4.78 is 18.9. The topological polar surface area (TPSA) is 71.5 Å². The minimum Gasteiger partial charge on any atom is -0.482 e. The molecule has 0 atom stereocenters. The lowest BCUT2D eigenvalue weighted by Gasteiger charge is -2.28. The monoisotopic (exact) mass is 423 g/mol. The Kier molecular flexibility index (Phi) is 5.33. The zero-order valence-electron chi connectivity index (χ0n) is 16.1. The Morgan fingerprint density at radius 3 is 2.97 bits per heavy atom. The number of hydrogen-bond donors (Lipinski definition) is 1. The van der Waals surface area contributed by atoms with Crippen LogP contribution in [-0.2, 0) is 4.79 Å². The first-order valence-corrected chi connectivity index (χ1v) is 10.0. The number of aryl methyl sites for hydroxylation is 1. The van der Waals surface area contributed by atoms with E-state index < -0.39 is 11.7 Å². The predicted molar refractivity (Wildman–Crippen MR) is 115 cm³/mol. The number of ether oxygens (including phenoxy) is 1. The molecule has 3 aromatic rings. The molecule has 0 bridgehead atoms. The first-order chi connectivity index (χ1) is 14.5. The molecule has 4 rings (SSSR count). The Bertz CT molecular complexity index is 1160.